The molecule has 0 radical (unpaired) electrons. The number of nitrogens with zero attached hydrogens (tertiary/aromatic N) is 3. The van der Waals surface area contributed by atoms with Crippen LogP contribution in [0.4, 0.5) is 14.4 Å². The number of ketones is 2. The van der Waals surface area contributed by atoms with Crippen molar-refractivity contribution in [2.24, 2.45) is 0 Å². The van der Waals surface area contributed by atoms with Crippen LogP contribution < -0.4 is 10.6 Å². The summed E-state index contributed by atoms with van der Waals surface area (Å²) >= 11 is 0. The SMILES string of the molecule is CC(O)C(NC(=O)OCc1ccccc1)C(=O)N1CC2(CCCN2C(=O)OCc2ccccc2)C1=O.O=C(OCc1ccccc1)N1CCCC12CCC2=O.O=C1CCC12CCCN2. The monoisotopic (exact) mass is 879 g/mol. The summed E-state index contributed by atoms with van der Waals surface area (Å²) in [5, 5.41) is 15.8. The minimum absolute atomic E-state index is 0.0139. The van der Waals surface area contributed by atoms with Crippen LogP contribution in [-0.4, -0.2) is 116 Å². The van der Waals surface area contributed by atoms with E-state index in [-0.39, 0.29) is 43.8 Å². The van der Waals surface area contributed by atoms with E-state index < -0.39 is 47.2 Å². The van der Waals surface area contributed by atoms with Crippen molar-refractivity contribution < 1.29 is 52.9 Å². The zero-order valence-corrected chi connectivity index (χ0v) is 36.2. The van der Waals surface area contributed by atoms with Gasteiger partial charge in [0.25, 0.3) is 11.8 Å². The number of imide groups is 1. The molecule has 16 heteroatoms. The van der Waals surface area contributed by atoms with Gasteiger partial charge in [-0.15, -0.1) is 0 Å². The predicted octanol–water partition coefficient (Wildman–Crippen LogP) is 5.19. The highest BCUT2D eigenvalue weighted by molar-refractivity contribution is 6.09. The third-order valence-corrected chi connectivity index (χ3v) is 13.2. The molecular formula is C48H57N5O11. The Bertz CT molecular complexity index is 2160. The summed E-state index contributed by atoms with van der Waals surface area (Å²) in [7, 11) is 0. The summed E-state index contributed by atoms with van der Waals surface area (Å²) < 4.78 is 15.9. The largest absolute Gasteiger partial charge is 0.445 e. The summed E-state index contributed by atoms with van der Waals surface area (Å²) in [6.45, 7) is 3.65. The third kappa shape index (κ3) is 9.82. The quantitative estimate of drug-likeness (QED) is 0.188. The molecule has 6 fully saturated rings. The van der Waals surface area contributed by atoms with Crippen LogP contribution in [0.3, 0.4) is 0 Å². The second-order valence-electron chi connectivity index (χ2n) is 17.3. The van der Waals surface area contributed by atoms with E-state index in [4.69, 9.17) is 14.2 Å². The summed E-state index contributed by atoms with van der Waals surface area (Å²) in [5.74, 6) is -0.671. The molecule has 2 aliphatic carbocycles. The molecule has 9 rings (SSSR count). The molecule has 3 N–H and O–H groups in total. The number of alkyl carbamates (subject to hydrolysis) is 1. The number of benzene rings is 3. The standard InChI is InChI=1S/C26H29N3O7.C15H17NO3.C7H11NO/c1-18(30)21(27-24(33)35-15-19-9-4-2-5-10-19)22(31)28-17-26(23(28)32)13-8-14-29(26)25(34)36-16-20-11-6-3-7-12-20;17-13-7-9-15(13)8-4-10-16(15)14(18)19-11-12-5-2-1-3-6-12;9-6-2-4-7(6)3-1-5-8-7/h2-7,9-12,18,21,30H,8,13-17H2,1H3,(H,27,33);1-3,5-6H,4,7-11H2;8H,1-5H2. The molecule has 3 aromatic rings. The number of carbonyl (C=O) groups is 7. The Kier molecular flexibility index (Phi) is 14.4. The molecule has 16 nitrogen and oxygen atoms in total. The fraction of sp³-hybridized carbons (Fsp3) is 0.479. The van der Waals surface area contributed by atoms with E-state index in [0.29, 0.717) is 38.1 Å². The first-order chi connectivity index (χ1) is 30.9. The van der Waals surface area contributed by atoms with Crippen molar-refractivity contribution in [1.82, 2.24) is 25.3 Å². The fourth-order valence-electron chi connectivity index (χ4n) is 9.31. The zero-order valence-electron chi connectivity index (χ0n) is 36.2. The van der Waals surface area contributed by atoms with Crippen LogP contribution in [0.5, 0.6) is 0 Å². The van der Waals surface area contributed by atoms with Gasteiger partial charge < -0.3 is 30.0 Å². The minimum Gasteiger partial charge on any atom is -0.445 e. The molecule has 3 spiro atoms. The third-order valence-electron chi connectivity index (χ3n) is 13.2. The number of nitrogens with one attached hydrogen (secondary N) is 2. The van der Waals surface area contributed by atoms with E-state index in [0.717, 1.165) is 66.7 Å². The first-order valence-electron chi connectivity index (χ1n) is 22.2. The molecule has 4 saturated heterocycles. The molecule has 0 bridgehead atoms. The lowest BCUT2D eigenvalue weighted by atomic mass is 9.73. The van der Waals surface area contributed by atoms with Crippen LogP contribution in [0.2, 0.25) is 0 Å². The van der Waals surface area contributed by atoms with Gasteiger partial charge >= 0.3 is 18.3 Å². The maximum atomic E-state index is 13.2. The molecule has 5 atom stereocenters. The van der Waals surface area contributed by atoms with Gasteiger partial charge in [0.1, 0.15) is 36.9 Å². The van der Waals surface area contributed by atoms with E-state index in [2.05, 4.69) is 10.6 Å². The topological polar surface area (TPSA) is 201 Å². The van der Waals surface area contributed by atoms with E-state index in [9.17, 15) is 38.7 Å². The average Bonchev–Trinajstić information content (AvgIpc) is 4.12. The molecule has 340 valence electrons. The Hall–Kier alpha value is -6.13. The van der Waals surface area contributed by atoms with Gasteiger partial charge in [-0.1, -0.05) is 91.0 Å². The van der Waals surface area contributed by atoms with Gasteiger partial charge in [-0.25, -0.2) is 14.4 Å². The number of carbonyl (C=O) groups excluding carboxylic acids is 7. The van der Waals surface area contributed by atoms with Crippen LogP contribution in [0.25, 0.3) is 0 Å². The minimum atomic E-state index is -1.38. The summed E-state index contributed by atoms with van der Waals surface area (Å²) in [6.07, 6.45) is 5.12. The highest BCUT2D eigenvalue weighted by Gasteiger charge is 2.63. The number of amides is 5. The van der Waals surface area contributed by atoms with Gasteiger partial charge in [-0.3, -0.25) is 33.9 Å². The van der Waals surface area contributed by atoms with Crippen molar-refractivity contribution in [3.05, 3.63) is 108 Å². The Morgan fingerprint density at radius 2 is 1.16 bits per heavy atom. The molecule has 4 heterocycles. The molecule has 4 aliphatic heterocycles. The zero-order chi connectivity index (χ0) is 45.3. The highest BCUT2D eigenvalue weighted by Crippen LogP contribution is 2.43. The number of Topliss-reactive ketones (excluding diaryl/α,β-unsaturated/α-hetero) is 2. The first-order valence-corrected chi connectivity index (χ1v) is 22.2. The van der Waals surface area contributed by atoms with E-state index in [1.54, 1.807) is 29.2 Å². The lowest BCUT2D eigenvalue weighted by Crippen LogP contribution is -2.76. The second kappa shape index (κ2) is 20.1. The predicted molar refractivity (Wildman–Crippen MR) is 231 cm³/mol. The smallest absolute Gasteiger partial charge is 0.411 e. The van der Waals surface area contributed by atoms with Crippen LogP contribution in [0, 0.1) is 0 Å². The Labute approximate surface area is 372 Å². The summed E-state index contributed by atoms with van der Waals surface area (Å²) in [5.41, 5.74) is 0.853. The van der Waals surface area contributed by atoms with Crippen molar-refractivity contribution in [3.8, 4) is 0 Å². The molecule has 6 aliphatic rings. The van der Waals surface area contributed by atoms with E-state index >= 15 is 0 Å². The molecule has 3 aromatic carbocycles. The second-order valence-corrected chi connectivity index (χ2v) is 17.3. The van der Waals surface area contributed by atoms with Crippen LogP contribution >= 0.6 is 0 Å². The maximum absolute atomic E-state index is 13.2. The van der Waals surface area contributed by atoms with Crippen molar-refractivity contribution in [2.45, 2.75) is 120 Å². The number of hydrogen-bond donors (Lipinski definition) is 3. The first kappa shape index (κ1) is 45.9. The molecular weight excluding hydrogens is 823 g/mol. The Morgan fingerprint density at radius 1 is 0.656 bits per heavy atom. The fourth-order valence-corrected chi connectivity index (χ4v) is 9.31. The number of ether oxygens (including phenoxy) is 3. The molecule has 5 amide bonds. The average molecular weight is 880 g/mol. The molecule has 2 saturated carbocycles. The van der Waals surface area contributed by atoms with Crippen molar-refractivity contribution in [1.29, 1.82) is 0 Å². The normalized spacial score (nSPS) is 24.9. The van der Waals surface area contributed by atoms with Crippen LogP contribution in [-0.2, 0) is 53.2 Å². The van der Waals surface area contributed by atoms with E-state index in [1.807, 2.05) is 66.7 Å². The van der Waals surface area contributed by atoms with Gasteiger partial charge in [0, 0.05) is 25.9 Å². The van der Waals surface area contributed by atoms with Gasteiger partial charge in [0.15, 0.2) is 11.6 Å². The van der Waals surface area contributed by atoms with Gasteiger partial charge in [0.2, 0.25) is 0 Å². The number of β-lactam (4-membered cyclic amide) rings is 1. The Morgan fingerprint density at radius 3 is 1.55 bits per heavy atom. The van der Waals surface area contributed by atoms with Crippen molar-refractivity contribution in [3.63, 3.8) is 0 Å². The number of aliphatic hydroxyl groups excluding tert-OH is 1. The van der Waals surface area contributed by atoms with Gasteiger partial charge in [0.05, 0.1) is 18.2 Å². The molecule has 5 unspecified atom stereocenters. The van der Waals surface area contributed by atoms with Crippen LogP contribution in [0.15, 0.2) is 91.0 Å². The number of rotatable bonds is 9. The number of likely N-dealkylation sites (tertiary alicyclic amines) is 3. The van der Waals surface area contributed by atoms with Gasteiger partial charge in [-0.2, -0.15) is 0 Å². The summed E-state index contributed by atoms with van der Waals surface area (Å²) in [6, 6.07) is 26.4. The van der Waals surface area contributed by atoms with Gasteiger partial charge in [-0.05, 0) is 81.5 Å². The summed E-state index contributed by atoms with van der Waals surface area (Å²) in [4.78, 5) is 90.1. The molecule has 64 heavy (non-hydrogen) atoms. The van der Waals surface area contributed by atoms with Crippen molar-refractivity contribution in [2.75, 3.05) is 26.2 Å². The molecule has 0 aromatic heterocycles. The van der Waals surface area contributed by atoms with Crippen LogP contribution in [0.1, 0.15) is 87.8 Å². The maximum Gasteiger partial charge on any atom is 0.411 e. The lowest BCUT2D eigenvalue weighted by molar-refractivity contribution is -0.170. The Balaban J connectivity index is 0.000000179. The lowest BCUT2D eigenvalue weighted by Gasteiger charge is -2.50. The number of hydrogen-bond acceptors (Lipinski definition) is 12. The number of aliphatic hydroxyl groups is 1. The highest BCUT2D eigenvalue weighted by atomic mass is 16.6. The van der Waals surface area contributed by atoms with E-state index in [1.165, 1.54) is 18.2 Å². The van der Waals surface area contributed by atoms with Crippen molar-refractivity contribution >= 4 is 41.7 Å².